The number of benzene rings is 1. The van der Waals surface area contributed by atoms with Crippen LogP contribution < -0.4 is 5.32 Å². The second-order valence-corrected chi connectivity index (χ2v) is 3.81. The van der Waals surface area contributed by atoms with Crippen molar-refractivity contribution in [3.05, 3.63) is 56.3 Å². The van der Waals surface area contributed by atoms with Gasteiger partial charge in [0.2, 0.25) is 0 Å². The van der Waals surface area contributed by atoms with Crippen LogP contribution >= 0.6 is 0 Å². The van der Waals surface area contributed by atoms with Gasteiger partial charge in [-0.15, -0.1) is 0 Å². The molecule has 2 N–H and O–H groups in total. The van der Waals surface area contributed by atoms with E-state index in [0.29, 0.717) is 0 Å². The Morgan fingerprint density at radius 3 is 2.38 bits per heavy atom. The highest BCUT2D eigenvalue weighted by Crippen LogP contribution is 2.28. The van der Waals surface area contributed by atoms with Gasteiger partial charge in [0.25, 0.3) is 11.6 Å². The Bertz CT molecular complexity index is 737. The molecule has 1 aromatic heterocycles. The zero-order chi connectivity index (χ0) is 15.6. The fourth-order valence-electron chi connectivity index (χ4n) is 1.47. The van der Waals surface area contributed by atoms with Gasteiger partial charge in [0.15, 0.2) is 5.76 Å². The summed E-state index contributed by atoms with van der Waals surface area (Å²) >= 11 is 0. The van der Waals surface area contributed by atoms with Gasteiger partial charge in [0.1, 0.15) is 10.7 Å². The topological polar surface area (TPSA) is 149 Å². The summed E-state index contributed by atoms with van der Waals surface area (Å²) in [5.41, 5.74) is -0.441. The molecule has 10 heteroatoms. The van der Waals surface area contributed by atoms with E-state index < -0.39 is 27.4 Å². The number of non-ortho nitro benzene ring substituents is 1. The predicted molar refractivity (Wildman–Crippen MR) is 68.1 cm³/mol. The molecule has 0 spiro atoms. The molecule has 0 aliphatic rings. The lowest BCUT2D eigenvalue weighted by Crippen LogP contribution is -2.11. The Hall–Kier alpha value is -3.43. The van der Waals surface area contributed by atoms with Gasteiger partial charge >= 0.3 is 5.88 Å². The summed E-state index contributed by atoms with van der Waals surface area (Å²) in [6.07, 6.45) is 0. The summed E-state index contributed by atoms with van der Waals surface area (Å²) in [5, 5.41) is 32.7. The molecule has 2 aromatic rings. The summed E-state index contributed by atoms with van der Waals surface area (Å²) in [6.45, 7) is 0. The fraction of sp³-hybridized carbons (Fsp3) is 0. The minimum Gasteiger partial charge on any atom is -0.506 e. The Labute approximate surface area is 115 Å². The van der Waals surface area contributed by atoms with Gasteiger partial charge in [-0.05, 0) is 12.1 Å². The number of hydrogen-bond acceptors (Lipinski definition) is 7. The molecule has 1 heterocycles. The molecule has 0 bridgehead atoms. The van der Waals surface area contributed by atoms with Crippen molar-refractivity contribution >= 4 is 23.2 Å². The van der Waals surface area contributed by atoms with Crippen LogP contribution in [-0.4, -0.2) is 20.9 Å². The summed E-state index contributed by atoms with van der Waals surface area (Å²) < 4.78 is 4.68. The van der Waals surface area contributed by atoms with Crippen LogP contribution in [0.15, 0.2) is 34.7 Å². The van der Waals surface area contributed by atoms with E-state index in [4.69, 9.17) is 0 Å². The van der Waals surface area contributed by atoms with E-state index in [2.05, 4.69) is 9.73 Å². The monoisotopic (exact) mass is 293 g/mol. The Balaban J connectivity index is 2.19. The number of amides is 1. The largest absolute Gasteiger partial charge is 0.506 e. The number of carbonyl (C=O) groups is 1. The first-order valence-electron chi connectivity index (χ1n) is 5.41. The van der Waals surface area contributed by atoms with Crippen molar-refractivity contribution in [2.45, 2.75) is 0 Å². The summed E-state index contributed by atoms with van der Waals surface area (Å²) in [4.78, 5) is 31.2. The molecule has 0 saturated carbocycles. The van der Waals surface area contributed by atoms with Crippen LogP contribution in [-0.2, 0) is 0 Å². The molecule has 1 amide bonds. The molecular weight excluding hydrogens is 286 g/mol. The van der Waals surface area contributed by atoms with Crippen molar-refractivity contribution in [1.29, 1.82) is 0 Å². The van der Waals surface area contributed by atoms with Gasteiger partial charge in [0.05, 0.1) is 22.7 Å². The fourth-order valence-corrected chi connectivity index (χ4v) is 1.47. The van der Waals surface area contributed by atoms with Crippen molar-refractivity contribution in [2.24, 2.45) is 0 Å². The van der Waals surface area contributed by atoms with Crippen molar-refractivity contribution in [3.63, 3.8) is 0 Å². The number of phenolic OH excluding ortho intramolecular Hbond substituents is 1. The highest BCUT2D eigenvalue weighted by atomic mass is 16.6. The van der Waals surface area contributed by atoms with Crippen LogP contribution in [0.5, 0.6) is 5.75 Å². The van der Waals surface area contributed by atoms with Crippen LogP contribution in [0.25, 0.3) is 0 Å². The molecule has 1 aromatic carbocycles. The molecule has 0 unspecified atom stereocenters. The molecule has 0 fully saturated rings. The average molecular weight is 293 g/mol. The van der Waals surface area contributed by atoms with Crippen LogP contribution in [0.3, 0.4) is 0 Å². The Morgan fingerprint density at radius 1 is 1.14 bits per heavy atom. The molecule has 0 aliphatic carbocycles. The number of phenols is 1. The first-order chi connectivity index (χ1) is 9.88. The van der Waals surface area contributed by atoms with E-state index in [9.17, 15) is 30.1 Å². The van der Waals surface area contributed by atoms with E-state index in [1.807, 2.05) is 0 Å². The van der Waals surface area contributed by atoms with Crippen molar-refractivity contribution in [1.82, 2.24) is 0 Å². The molecule has 0 saturated heterocycles. The number of rotatable bonds is 4. The lowest BCUT2D eigenvalue weighted by atomic mass is 10.2. The number of nitro groups is 2. The quantitative estimate of drug-likeness (QED) is 0.497. The maximum Gasteiger partial charge on any atom is 0.433 e. The van der Waals surface area contributed by atoms with Crippen LogP contribution in [0.2, 0.25) is 0 Å². The number of nitro benzene ring substituents is 1. The average Bonchev–Trinajstić information content (AvgIpc) is 2.90. The Morgan fingerprint density at radius 2 is 1.86 bits per heavy atom. The van der Waals surface area contributed by atoms with Gasteiger partial charge in [-0.1, -0.05) is 0 Å². The second kappa shape index (κ2) is 5.28. The highest BCUT2D eigenvalue weighted by Gasteiger charge is 2.19. The number of furan rings is 1. The third kappa shape index (κ3) is 2.94. The molecule has 2 rings (SSSR count). The Kier molecular flexibility index (Phi) is 3.52. The van der Waals surface area contributed by atoms with Crippen molar-refractivity contribution < 1.29 is 24.2 Å². The molecule has 0 aliphatic heterocycles. The zero-order valence-electron chi connectivity index (χ0n) is 10.2. The molecule has 0 radical (unpaired) electrons. The predicted octanol–water partition coefficient (Wildman–Crippen LogP) is 2.05. The summed E-state index contributed by atoms with van der Waals surface area (Å²) in [6, 6.07) is 5.17. The van der Waals surface area contributed by atoms with E-state index >= 15 is 0 Å². The first kappa shape index (κ1) is 14.0. The van der Waals surface area contributed by atoms with E-state index in [0.717, 1.165) is 30.3 Å². The first-order valence-corrected chi connectivity index (χ1v) is 5.41. The minimum absolute atomic E-state index is 0.0929. The number of carbonyl (C=O) groups excluding carboxylic acids is 1. The second-order valence-electron chi connectivity index (χ2n) is 3.81. The standard InChI is InChI=1S/C11H7N3O7/c15-8-5-6(13(17)18)1-2-7(8)12-11(16)9-3-4-10(21-9)14(19)20/h1-5,15H,(H,12,16). The zero-order valence-corrected chi connectivity index (χ0v) is 10.2. The lowest BCUT2D eigenvalue weighted by molar-refractivity contribution is -0.402. The minimum atomic E-state index is -0.841. The number of hydrogen-bond donors (Lipinski definition) is 2. The molecule has 10 nitrogen and oxygen atoms in total. The van der Waals surface area contributed by atoms with Crippen molar-refractivity contribution in [3.8, 4) is 5.75 Å². The number of anilines is 1. The molecule has 0 atom stereocenters. The molecular formula is C11H7N3O7. The van der Waals surface area contributed by atoms with Gasteiger partial charge in [-0.3, -0.25) is 25.0 Å². The third-order valence-corrected chi connectivity index (χ3v) is 2.44. The maximum atomic E-state index is 11.7. The van der Waals surface area contributed by atoms with Gasteiger partial charge in [-0.2, -0.15) is 0 Å². The van der Waals surface area contributed by atoms with E-state index in [1.165, 1.54) is 0 Å². The summed E-state index contributed by atoms with van der Waals surface area (Å²) in [5.74, 6) is -2.29. The molecule has 108 valence electrons. The molecule has 21 heavy (non-hydrogen) atoms. The van der Waals surface area contributed by atoms with E-state index in [1.54, 1.807) is 0 Å². The number of nitrogens with one attached hydrogen (secondary N) is 1. The normalized spacial score (nSPS) is 10.1. The van der Waals surface area contributed by atoms with Gasteiger partial charge in [0, 0.05) is 6.07 Å². The highest BCUT2D eigenvalue weighted by molar-refractivity contribution is 6.03. The van der Waals surface area contributed by atoms with Crippen LogP contribution in [0.1, 0.15) is 10.6 Å². The van der Waals surface area contributed by atoms with E-state index in [-0.39, 0.29) is 17.1 Å². The van der Waals surface area contributed by atoms with Crippen LogP contribution in [0, 0.1) is 20.2 Å². The smallest absolute Gasteiger partial charge is 0.433 e. The third-order valence-electron chi connectivity index (χ3n) is 2.44. The lowest BCUT2D eigenvalue weighted by Gasteiger charge is -2.05. The maximum absolute atomic E-state index is 11.7. The van der Waals surface area contributed by atoms with Gasteiger partial charge in [-0.25, -0.2) is 0 Å². The van der Waals surface area contributed by atoms with Gasteiger partial charge < -0.3 is 14.8 Å². The number of nitrogens with zero attached hydrogens (tertiary/aromatic N) is 2. The van der Waals surface area contributed by atoms with Crippen LogP contribution in [0.4, 0.5) is 17.3 Å². The van der Waals surface area contributed by atoms with Crippen molar-refractivity contribution in [2.75, 3.05) is 5.32 Å². The number of aromatic hydroxyl groups is 1. The SMILES string of the molecule is O=C(Nc1ccc([N+](=O)[O-])cc1O)c1ccc([N+](=O)[O-])o1. The summed E-state index contributed by atoms with van der Waals surface area (Å²) in [7, 11) is 0.